The van der Waals surface area contributed by atoms with E-state index in [1.54, 1.807) is 19.1 Å². The lowest BCUT2D eigenvalue weighted by atomic mass is 10.1. The van der Waals surface area contributed by atoms with E-state index in [2.05, 4.69) is 10.6 Å². The molecule has 2 amide bonds. The number of hydrogen-bond donors (Lipinski definition) is 2. The predicted octanol–water partition coefficient (Wildman–Crippen LogP) is 4.24. The van der Waals surface area contributed by atoms with Crippen molar-refractivity contribution in [3.63, 3.8) is 0 Å². The van der Waals surface area contributed by atoms with Gasteiger partial charge in [-0.1, -0.05) is 43.3 Å². The van der Waals surface area contributed by atoms with Crippen LogP contribution in [0.1, 0.15) is 43.7 Å². The van der Waals surface area contributed by atoms with Crippen LogP contribution in [0.3, 0.4) is 0 Å². The van der Waals surface area contributed by atoms with Crippen LogP contribution in [-0.4, -0.2) is 24.4 Å². The molecule has 0 aliphatic heterocycles. The van der Waals surface area contributed by atoms with E-state index in [1.807, 2.05) is 43.3 Å². The number of benzene rings is 2. The monoisotopic (exact) mass is 396 g/mol. The van der Waals surface area contributed by atoms with Crippen LogP contribution < -0.4 is 10.6 Å². The molecule has 2 N–H and O–H groups in total. The Bertz CT molecular complexity index is 834. The minimum atomic E-state index is -0.381. The molecule has 0 unspecified atom stereocenters. The van der Waals surface area contributed by atoms with Crippen molar-refractivity contribution in [1.82, 2.24) is 0 Å². The third-order valence-corrected chi connectivity index (χ3v) is 4.39. The zero-order valence-corrected chi connectivity index (χ0v) is 17.0. The highest BCUT2D eigenvalue weighted by atomic mass is 16.5. The van der Waals surface area contributed by atoms with Crippen molar-refractivity contribution >= 4 is 29.2 Å². The second-order valence-corrected chi connectivity index (χ2v) is 6.79. The highest BCUT2D eigenvalue weighted by Crippen LogP contribution is 2.20. The van der Waals surface area contributed by atoms with Gasteiger partial charge in [0.05, 0.1) is 13.0 Å². The van der Waals surface area contributed by atoms with Crippen LogP contribution in [0, 0.1) is 6.92 Å². The van der Waals surface area contributed by atoms with E-state index in [9.17, 15) is 14.4 Å². The summed E-state index contributed by atoms with van der Waals surface area (Å²) in [4.78, 5) is 35.5. The first-order valence-electron chi connectivity index (χ1n) is 9.88. The number of carbonyl (C=O) groups is 3. The summed E-state index contributed by atoms with van der Waals surface area (Å²) in [6, 6.07) is 15.3. The Balaban J connectivity index is 1.70. The van der Waals surface area contributed by atoms with Gasteiger partial charge < -0.3 is 15.4 Å². The number of aryl methyl sites for hydroxylation is 2. The van der Waals surface area contributed by atoms with Crippen LogP contribution in [-0.2, 0) is 25.5 Å². The Morgan fingerprint density at radius 3 is 2.41 bits per heavy atom. The van der Waals surface area contributed by atoms with Gasteiger partial charge in [-0.2, -0.15) is 0 Å². The summed E-state index contributed by atoms with van der Waals surface area (Å²) < 4.78 is 5.19. The second kappa shape index (κ2) is 11.6. The molecule has 6 heteroatoms. The molecule has 0 radical (unpaired) electrons. The Hall–Kier alpha value is -3.15. The Labute approximate surface area is 171 Å². The topological polar surface area (TPSA) is 84.5 Å². The van der Waals surface area contributed by atoms with Crippen molar-refractivity contribution in [2.45, 2.75) is 46.0 Å². The summed E-state index contributed by atoms with van der Waals surface area (Å²) in [6.07, 6.45) is 2.05. The van der Waals surface area contributed by atoms with Gasteiger partial charge in [-0.25, -0.2) is 0 Å². The Kier molecular flexibility index (Phi) is 8.89. The molecular formula is C23H28N2O4. The lowest BCUT2D eigenvalue weighted by Gasteiger charge is -2.11. The lowest BCUT2D eigenvalue weighted by Crippen LogP contribution is -2.16. The van der Waals surface area contributed by atoms with Gasteiger partial charge in [0.15, 0.2) is 0 Å². The highest BCUT2D eigenvalue weighted by molar-refractivity contribution is 5.95. The number of anilines is 2. The van der Waals surface area contributed by atoms with Gasteiger partial charge in [-0.05, 0) is 43.0 Å². The van der Waals surface area contributed by atoms with E-state index < -0.39 is 0 Å². The van der Waals surface area contributed by atoms with Gasteiger partial charge in [0.25, 0.3) is 0 Å². The predicted molar refractivity (Wildman–Crippen MR) is 114 cm³/mol. The van der Waals surface area contributed by atoms with E-state index in [-0.39, 0.29) is 30.6 Å². The number of carbonyl (C=O) groups excluding carboxylic acids is 3. The molecule has 2 rings (SSSR count). The number of esters is 1. The third-order valence-electron chi connectivity index (χ3n) is 4.39. The Morgan fingerprint density at radius 2 is 1.69 bits per heavy atom. The van der Waals surface area contributed by atoms with Crippen LogP contribution in [0.15, 0.2) is 48.5 Å². The number of nitrogens with one attached hydrogen (secondary N) is 2. The van der Waals surface area contributed by atoms with Gasteiger partial charge in [-0.3, -0.25) is 14.4 Å². The molecule has 29 heavy (non-hydrogen) atoms. The normalized spacial score (nSPS) is 10.3. The zero-order valence-electron chi connectivity index (χ0n) is 17.0. The van der Waals surface area contributed by atoms with Crippen molar-refractivity contribution in [3.8, 4) is 0 Å². The molecule has 0 aliphatic rings. The molecular weight excluding hydrogens is 368 g/mol. The van der Waals surface area contributed by atoms with Crippen LogP contribution in [0.25, 0.3) is 0 Å². The minimum absolute atomic E-state index is 0.0302. The average molecular weight is 396 g/mol. The molecule has 0 fully saturated rings. The van der Waals surface area contributed by atoms with Crippen molar-refractivity contribution in [2.75, 3.05) is 17.2 Å². The molecule has 0 aromatic heterocycles. The molecule has 0 saturated carbocycles. The summed E-state index contributed by atoms with van der Waals surface area (Å²) in [5.41, 5.74) is 3.34. The smallest absolute Gasteiger partial charge is 0.306 e. The first-order chi connectivity index (χ1) is 14.0. The molecule has 0 heterocycles. The first kappa shape index (κ1) is 22.1. The highest BCUT2D eigenvalue weighted by Gasteiger charge is 2.10. The molecule has 0 aliphatic carbocycles. The third kappa shape index (κ3) is 8.17. The summed E-state index contributed by atoms with van der Waals surface area (Å²) in [5.74, 6) is -0.748. The summed E-state index contributed by atoms with van der Waals surface area (Å²) in [6.45, 7) is 4.00. The first-order valence-corrected chi connectivity index (χ1v) is 9.88. The van der Waals surface area contributed by atoms with E-state index >= 15 is 0 Å². The van der Waals surface area contributed by atoms with Crippen LogP contribution >= 0.6 is 0 Å². The number of amides is 2. The second-order valence-electron chi connectivity index (χ2n) is 6.79. The van der Waals surface area contributed by atoms with E-state index in [0.717, 1.165) is 18.4 Å². The van der Waals surface area contributed by atoms with Gasteiger partial charge in [-0.15, -0.1) is 0 Å². The number of ether oxygens (including phenoxy) is 1. The standard InChI is InChI=1S/C23H28N2O4/c1-3-21(26)25-20-16-19(12-11-17(20)2)24-22(27)13-14-23(28)29-15-7-10-18-8-5-4-6-9-18/h4-6,8-9,11-12,16H,3,7,10,13-15H2,1-2H3,(H,24,27)(H,25,26). The van der Waals surface area contributed by atoms with Gasteiger partial charge in [0.1, 0.15) is 0 Å². The molecule has 0 bridgehead atoms. The molecule has 2 aromatic rings. The molecule has 2 aromatic carbocycles. The fraction of sp³-hybridized carbons (Fsp3) is 0.348. The molecule has 154 valence electrons. The quantitative estimate of drug-likeness (QED) is 0.465. The fourth-order valence-corrected chi connectivity index (χ4v) is 2.69. The lowest BCUT2D eigenvalue weighted by molar-refractivity contribution is -0.144. The SMILES string of the molecule is CCC(=O)Nc1cc(NC(=O)CCC(=O)OCCCc2ccccc2)ccc1C. The van der Waals surface area contributed by atoms with Crippen molar-refractivity contribution < 1.29 is 19.1 Å². The summed E-state index contributed by atoms with van der Waals surface area (Å²) >= 11 is 0. The van der Waals surface area contributed by atoms with Gasteiger partial charge >= 0.3 is 5.97 Å². The maximum Gasteiger partial charge on any atom is 0.306 e. The van der Waals surface area contributed by atoms with Crippen LogP contribution in [0.5, 0.6) is 0 Å². The Morgan fingerprint density at radius 1 is 0.931 bits per heavy atom. The van der Waals surface area contributed by atoms with Crippen LogP contribution in [0.4, 0.5) is 11.4 Å². The number of rotatable bonds is 10. The largest absolute Gasteiger partial charge is 0.466 e. The fourth-order valence-electron chi connectivity index (χ4n) is 2.69. The maximum absolute atomic E-state index is 12.1. The van der Waals surface area contributed by atoms with E-state index in [4.69, 9.17) is 4.74 Å². The van der Waals surface area contributed by atoms with Crippen molar-refractivity contribution in [2.24, 2.45) is 0 Å². The summed E-state index contributed by atoms with van der Waals surface area (Å²) in [7, 11) is 0. The van der Waals surface area contributed by atoms with E-state index in [0.29, 0.717) is 24.4 Å². The molecule has 0 saturated heterocycles. The van der Waals surface area contributed by atoms with Crippen molar-refractivity contribution in [1.29, 1.82) is 0 Å². The van der Waals surface area contributed by atoms with Crippen molar-refractivity contribution in [3.05, 3.63) is 59.7 Å². The van der Waals surface area contributed by atoms with Crippen LogP contribution in [0.2, 0.25) is 0 Å². The minimum Gasteiger partial charge on any atom is -0.466 e. The molecule has 0 atom stereocenters. The zero-order chi connectivity index (χ0) is 21.1. The van der Waals surface area contributed by atoms with Gasteiger partial charge in [0.2, 0.25) is 11.8 Å². The maximum atomic E-state index is 12.1. The average Bonchev–Trinajstić information content (AvgIpc) is 2.72. The molecule has 6 nitrogen and oxygen atoms in total. The van der Waals surface area contributed by atoms with Gasteiger partial charge in [0, 0.05) is 24.2 Å². The molecule has 0 spiro atoms. The summed E-state index contributed by atoms with van der Waals surface area (Å²) in [5, 5.41) is 5.55. The van der Waals surface area contributed by atoms with E-state index in [1.165, 1.54) is 5.56 Å². The number of hydrogen-bond acceptors (Lipinski definition) is 4.